The second-order valence-corrected chi connectivity index (χ2v) is 10.6. The lowest BCUT2D eigenvalue weighted by Crippen LogP contribution is -2.33. The molecule has 0 radical (unpaired) electrons. The zero-order valence-electron chi connectivity index (χ0n) is 17.2. The summed E-state index contributed by atoms with van der Waals surface area (Å²) in [7, 11) is -3.72. The molecule has 2 aromatic carbocycles. The molecule has 1 amide bonds. The van der Waals surface area contributed by atoms with Gasteiger partial charge in [-0.3, -0.25) is 9.78 Å². The first-order valence-electron chi connectivity index (χ1n) is 10.4. The fraction of sp³-hybridized carbons (Fsp3) is 0.304. The Kier molecular flexibility index (Phi) is 7.00. The quantitative estimate of drug-likeness (QED) is 0.491. The number of nitrogens with one attached hydrogen (secondary N) is 2. The van der Waals surface area contributed by atoms with E-state index >= 15 is 0 Å². The predicted octanol–water partition coefficient (Wildman–Crippen LogP) is 5.27. The Balaban J connectivity index is 1.29. The van der Waals surface area contributed by atoms with E-state index in [-0.39, 0.29) is 27.7 Å². The van der Waals surface area contributed by atoms with Crippen LogP contribution in [0.2, 0.25) is 10.0 Å². The molecular formula is C23H23Cl2N3O3S. The Morgan fingerprint density at radius 1 is 1.03 bits per heavy atom. The van der Waals surface area contributed by atoms with Crippen molar-refractivity contribution in [3.8, 4) is 0 Å². The van der Waals surface area contributed by atoms with E-state index in [0.29, 0.717) is 30.1 Å². The highest BCUT2D eigenvalue weighted by molar-refractivity contribution is 7.89. The van der Waals surface area contributed by atoms with Crippen molar-refractivity contribution < 1.29 is 13.2 Å². The van der Waals surface area contributed by atoms with E-state index in [1.807, 2.05) is 30.3 Å². The number of aromatic nitrogens is 1. The molecule has 0 saturated heterocycles. The van der Waals surface area contributed by atoms with E-state index in [0.717, 1.165) is 23.7 Å². The highest BCUT2D eigenvalue weighted by atomic mass is 35.5. The van der Waals surface area contributed by atoms with Gasteiger partial charge in [0.1, 0.15) is 4.90 Å². The van der Waals surface area contributed by atoms with Crippen molar-refractivity contribution >= 4 is 55.7 Å². The molecule has 0 bridgehead atoms. The predicted molar refractivity (Wildman–Crippen MR) is 127 cm³/mol. The van der Waals surface area contributed by atoms with E-state index in [9.17, 15) is 13.2 Å². The van der Waals surface area contributed by atoms with Gasteiger partial charge in [-0.2, -0.15) is 0 Å². The molecule has 1 aliphatic rings. The summed E-state index contributed by atoms with van der Waals surface area (Å²) in [6.45, 7) is 0.310. The summed E-state index contributed by atoms with van der Waals surface area (Å²) in [4.78, 5) is 17.1. The molecule has 3 aromatic rings. The van der Waals surface area contributed by atoms with E-state index in [1.54, 1.807) is 6.20 Å². The molecule has 0 aliphatic heterocycles. The van der Waals surface area contributed by atoms with E-state index in [1.165, 1.54) is 18.2 Å². The summed E-state index contributed by atoms with van der Waals surface area (Å²) in [5, 5.41) is 4.41. The van der Waals surface area contributed by atoms with Crippen molar-refractivity contribution in [1.29, 1.82) is 0 Å². The fourth-order valence-corrected chi connectivity index (χ4v) is 5.90. The Hall–Kier alpha value is -2.19. The van der Waals surface area contributed by atoms with Crippen LogP contribution in [0.15, 0.2) is 59.6 Å². The Morgan fingerprint density at radius 3 is 2.53 bits per heavy atom. The normalized spacial score (nSPS) is 19.1. The van der Waals surface area contributed by atoms with E-state index in [4.69, 9.17) is 23.2 Å². The first kappa shape index (κ1) is 23.0. The van der Waals surface area contributed by atoms with Crippen LogP contribution in [0.1, 0.15) is 25.7 Å². The number of nitrogens with zero attached hydrogens (tertiary/aromatic N) is 1. The van der Waals surface area contributed by atoms with Crippen LogP contribution in [0.4, 0.5) is 5.69 Å². The number of pyridine rings is 1. The highest BCUT2D eigenvalue weighted by Gasteiger charge is 2.28. The SMILES string of the molecule is O=C(Nc1cnc2ccccc2c1)[C@H]1CC[C@H](CNS(=O)(=O)c2ccc(Cl)cc2Cl)CC1. The maximum atomic E-state index is 12.7. The van der Waals surface area contributed by atoms with Crippen LogP contribution in [0.3, 0.4) is 0 Å². The van der Waals surface area contributed by atoms with Crippen molar-refractivity contribution in [2.75, 3.05) is 11.9 Å². The lowest BCUT2D eigenvalue weighted by molar-refractivity contribution is -0.121. The van der Waals surface area contributed by atoms with Gasteiger partial charge in [0.2, 0.25) is 15.9 Å². The number of sulfonamides is 1. The lowest BCUT2D eigenvalue weighted by Gasteiger charge is -2.28. The third-order valence-corrected chi connectivity index (χ3v) is 7.96. The number of carbonyl (C=O) groups is 1. The molecule has 1 aromatic heterocycles. The standard InChI is InChI=1S/C23H23Cl2N3O3S/c24-18-9-10-22(20(25)12-18)32(30,31)27-13-15-5-7-16(8-6-15)23(29)28-19-11-17-3-1-2-4-21(17)26-14-19/h1-4,9-12,14-16,27H,5-8,13H2,(H,28,29)/t15-,16-. The molecule has 1 fully saturated rings. The smallest absolute Gasteiger partial charge is 0.242 e. The molecular weight excluding hydrogens is 469 g/mol. The molecule has 2 N–H and O–H groups in total. The van der Waals surface area contributed by atoms with Gasteiger partial charge in [-0.05, 0) is 61.9 Å². The summed E-state index contributed by atoms with van der Waals surface area (Å²) >= 11 is 11.9. The van der Waals surface area contributed by atoms with Gasteiger partial charge in [-0.1, -0.05) is 41.4 Å². The van der Waals surface area contributed by atoms with Crippen molar-refractivity contribution in [2.45, 2.75) is 30.6 Å². The molecule has 1 aliphatic carbocycles. The number of hydrogen-bond acceptors (Lipinski definition) is 4. The average Bonchev–Trinajstić information content (AvgIpc) is 2.78. The van der Waals surface area contributed by atoms with Crippen LogP contribution in [0.5, 0.6) is 0 Å². The van der Waals surface area contributed by atoms with Crippen molar-refractivity contribution in [1.82, 2.24) is 9.71 Å². The molecule has 0 spiro atoms. The minimum atomic E-state index is -3.72. The summed E-state index contributed by atoms with van der Waals surface area (Å²) in [6.07, 6.45) is 4.63. The number of benzene rings is 2. The number of para-hydroxylation sites is 1. The number of rotatable bonds is 6. The van der Waals surface area contributed by atoms with Crippen LogP contribution >= 0.6 is 23.2 Å². The molecule has 0 atom stereocenters. The Morgan fingerprint density at radius 2 is 1.78 bits per heavy atom. The topological polar surface area (TPSA) is 88.2 Å². The summed E-state index contributed by atoms with van der Waals surface area (Å²) in [6, 6.07) is 14.0. The maximum absolute atomic E-state index is 12.7. The number of amides is 1. The highest BCUT2D eigenvalue weighted by Crippen LogP contribution is 2.30. The molecule has 1 heterocycles. The van der Waals surface area contributed by atoms with Crippen molar-refractivity contribution in [3.63, 3.8) is 0 Å². The Labute approximate surface area is 197 Å². The van der Waals surface area contributed by atoms with Gasteiger partial charge in [0.15, 0.2) is 0 Å². The van der Waals surface area contributed by atoms with Crippen LogP contribution < -0.4 is 10.0 Å². The second kappa shape index (κ2) is 9.75. The third-order valence-electron chi connectivity index (χ3n) is 5.82. The molecule has 6 nitrogen and oxygen atoms in total. The largest absolute Gasteiger partial charge is 0.324 e. The van der Waals surface area contributed by atoms with Gasteiger partial charge < -0.3 is 5.32 Å². The van der Waals surface area contributed by atoms with Gasteiger partial charge in [-0.25, -0.2) is 13.1 Å². The average molecular weight is 492 g/mol. The molecule has 0 unspecified atom stereocenters. The van der Waals surface area contributed by atoms with E-state index < -0.39 is 10.0 Å². The van der Waals surface area contributed by atoms with Crippen LogP contribution in [-0.2, 0) is 14.8 Å². The van der Waals surface area contributed by atoms with Gasteiger partial charge in [0.05, 0.1) is 22.4 Å². The zero-order chi connectivity index (χ0) is 22.7. The first-order valence-corrected chi connectivity index (χ1v) is 12.7. The second-order valence-electron chi connectivity index (χ2n) is 8.05. The molecule has 32 heavy (non-hydrogen) atoms. The minimum absolute atomic E-state index is 0.0145. The number of anilines is 1. The molecule has 9 heteroatoms. The Bertz CT molecular complexity index is 1240. The number of fused-ring (bicyclic) bond motifs is 1. The summed E-state index contributed by atoms with van der Waals surface area (Å²) in [5.41, 5.74) is 1.57. The fourth-order valence-electron chi connectivity index (χ4n) is 4.01. The molecule has 4 rings (SSSR count). The van der Waals surface area contributed by atoms with Gasteiger partial charge >= 0.3 is 0 Å². The number of carbonyl (C=O) groups excluding carboxylic acids is 1. The molecule has 1 saturated carbocycles. The number of halogens is 2. The van der Waals surface area contributed by atoms with Crippen LogP contribution in [0.25, 0.3) is 10.9 Å². The van der Waals surface area contributed by atoms with Gasteiger partial charge in [0, 0.05) is 22.9 Å². The van der Waals surface area contributed by atoms with Gasteiger partial charge in [-0.15, -0.1) is 0 Å². The first-order chi connectivity index (χ1) is 15.3. The summed E-state index contributed by atoms with van der Waals surface area (Å²) < 4.78 is 27.8. The zero-order valence-corrected chi connectivity index (χ0v) is 19.6. The minimum Gasteiger partial charge on any atom is -0.324 e. The van der Waals surface area contributed by atoms with Crippen LogP contribution in [0, 0.1) is 11.8 Å². The van der Waals surface area contributed by atoms with Crippen molar-refractivity contribution in [3.05, 3.63) is 64.8 Å². The molecule has 168 valence electrons. The maximum Gasteiger partial charge on any atom is 0.242 e. The van der Waals surface area contributed by atoms with Crippen LogP contribution in [-0.4, -0.2) is 25.9 Å². The van der Waals surface area contributed by atoms with Crippen molar-refractivity contribution in [2.24, 2.45) is 11.8 Å². The monoisotopic (exact) mass is 491 g/mol. The summed E-state index contributed by atoms with van der Waals surface area (Å²) in [5.74, 6) is 0.0522. The lowest BCUT2D eigenvalue weighted by atomic mass is 9.81. The van der Waals surface area contributed by atoms with Gasteiger partial charge in [0.25, 0.3) is 0 Å². The van der Waals surface area contributed by atoms with E-state index in [2.05, 4.69) is 15.0 Å². The third kappa shape index (κ3) is 5.41. The number of hydrogen-bond donors (Lipinski definition) is 2.